The van der Waals surface area contributed by atoms with E-state index < -0.39 is 5.91 Å². The van der Waals surface area contributed by atoms with E-state index >= 15 is 0 Å². The number of hydrogen-bond donors (Lipinski definition) is 3. The zero-order valence-electron chi connectivity index (χ0n) is 16.7. The molecule has 29 heavy (non-hydrogen) atoms. The van der Waals surface area contributed by atoms with Crippen molar-refractivity contribution in [2.75, 3.05) is 37.5 Å². The van der Waals surface area contributed by atoms with Crippen LogP contribution in [0.4, 0.5) is 11.4 Å². The number of carbonyl (C=O) groups excluding carboxylic acids is 2. The van der Waals surface area contributed by atoms with Crippen LogP contribution in [0.25, 0.3) is 0 Å². The summed E-state index contributed by atoms with van der Waals surface area (Å²) in [6.45, 7) is 1.89. The molecule has 0 spiro atoms. The lowest BCUT2D eigenvalue weighted by molar-refractivity contribution is 0.0954. The van der Waals surface area contributed by atoms with Gasteiger partial charge in [0.05, 0.1) is 25.5 Å². The number of nitrogens with two attached hydrogens (primary N) is 1. The Morgan fingerprint density at radius 1 is 0.931 bits per heavy atom. The van der Waals surface area contributed by atoms with E-state index in [-0.39, 0.29) is 5.91 Å². The molecule has 0 saturated carbocycles. The molecule has 154 valence electrons. The maximum atomic E-state index is 12.8. The van der Waals surface area contributed by atoms with E-state index in [9.17, 15) is 9.59 Å². The summed E-state index contributed by atoms with van der Waals surface area (Å²) < 4.78 is 10.4. The first-order valence-corrected chi connectivity index (χ1v) is 9.50. The number of methoxy groups -OCH3 is 2. The Labute approximate surface area is 169 Å². The van der Waals surface area contributed by atoms with Crippen molar-refractivity contribution in [1.29, 1.82) is 0 Å². The van der Waals surface area contributed by atoms with Crippen LogP contribution in [0.3, 0.4) is 0 Å². The Morgan fingerprint density at radius 2 is 1.66 bits per heavy atom. The average Bonchev–Trinajstić information content (AvgIpc) is 2.78. The van der Waals surface area contributed by atoms with Gasteiger partial charge in [0.25, 0.3) is 11.8 Å². The Balaban J connectivity index is 1.87. The summed E-state index contributed by atoms with van der Waals surface area (Å²) in [6, 6.07) is 10.3. The summed E-state index contributed by atoms with van der Waals surface area (Å²) in [5.74, 6) is 5.49. The number of rotatable bonds is 6. The Kier molecular flexibility index (Phi) is 6.56. The number of benzene rings is 2. The number of ether oxygens (including phenoxy) is 2. The quantitative estimate of drug-likeness (QED) is 0.392. The summed E-state index contributed by atoms with van der Waals surface area (Å²) in [5, 5.41) is 2.79. The summed E-state index contributed by atoms with van der Waals surface area (Å²) in [7, 11) is 3.03. The lowest BCUT2D eigenvalue weighted by Crippen LogP contribution is -2.32. The number of nitrogen functional groups attached to an aromatic ring is 1. The van der Waals surface area contributed by atoms with E-state index in [1.165, 1.54) is 20.6 Å². The van der Waals surface area contributed by atoms with E-state index in [0.717, 1.165) is 31.6 Å². The predicted octanol–water partition coefficient (Wildman–Crippen LogP) is 2.55. The molecule has 1 heterocycles. The Morgan fingerprint density at radius 3 is 2.31 bits per heavy atom. The molecule has 2 aromatic carbocycles. The number of anilines is 2. The SMILES string of the molecule is COc1ccc(C(=O)Nc2ccc(N3CCCCC3)cc2C(=O)NN)cc1OC. The van der Waals surface area contributed by atoms with E-state index in [0.29, 0.717) is 28.3 Å². The summed E-state index contributed by atoms with van der Waals surface area (Å²) in [4.78, 5) is 27.3. The third kappa shape index (κ3) is 4.60. The van der Waals surface area contributed by atoms with Crippen LogP contribution in [0, 0.1) is 0 Å². The number of nitrogens with zero attached hydrogens (tertiary/aromatic N) is 1. The van der Waals surface area contributed by atoms with E-state index in [4.69, 9.17) is 15.3 Å². The molecule has 1 fully saturated rings. The molecule has 2 aromatic rings. The second-order valence-corrected chi connectivity index (χ2v) is 6.77. The van der Waals surface area contributed by atoms with Gasteiger partial charge >= 0.3 is 0 Å². The third-order valence-electron chi connectivity index (χ3n) is 4.99. The fraction of sp³-hybridized carbons (Fsp3) is 0.333. The summed E-state index contributed by atoms with van der Waals surface area (Å²) >= 11 is 0. The second kappa shape index (κ2) is 9.29. The highest BCUT2D eigenvalue weighted by Gasteiger charge is 2.18. The predicted molar refractivity (Wildman–Crippen MR) is 112 cm³/mol. The first kappa shape index (κ1) is 20.5. The molecule has 1 saturated heterocycles. The van der Waals surface area contributed by atoms with Crippen LogP contribution in [0.5, 0.6) is 11.5 Å². The van der Waals surface area contributed by atoms with Crippen LogP contribution in [0.2, 0.25) is 0 Å². The van der Waals surface area contributed by atoms with Gasteiger partial charge in [-0.05, 0) is 55.7 Å². The lowest BCUT2D eigenvalue weighted by Gasteiger charge is -2.29. The van der Waals surface area contributed by atoms with Crippen LogP contribution >= 0.6 is 0 Å². The second-order valence-electron chi connectivity index (χ2n) is 6.77. The summed E-state index contributed by atoms with van der Waals surface area (Å²) in [5.41, 5.74) is 4.16. The monoisotopic (exact) mass is 398 g/mol. The van der Waals surface area contributed by atoms with E-state index in [1.54, 1.807) is 30.3 Å². The number of hydrogen-bond acceptors (Lipinski definition) is 6. The van der Waals surface area contributed by atoms with Gasteiger partial charge in [0.15, 0.2) is 11.5 Å². The minimum absolute atomic E-state index is 0.310. The topological polar surface area (TPSA) is 106 Å². The fourth-order valence-corrected chi connectivity index (χ4v) is 3.43. The third-order valence-corrected chi connectivity index (χ3v) is 4.99. The zero-order valence-corrected chi connectivity index (χ0v) is 16.7. The molecule has 8 nitrogen and oxygen atoms in total. The standard InChI is InChI=1S/C21H26N4O4/c1-28-18-9-6-14(12-19(18)29-2)20(26)23-17-8-7-15(13-16(17)21(27)24-22)25-10-4-3-5-11-25/h6-9,12-13H,3-5,10-11,22H2,1-2H3,(H,23,26)(H,24,27). The van der Waals surface area contributed by atoms with Crippen molar-refractivity contribution in [1.82, 2.24) is 5.43 Å². The number of nitrogens with one attached hydrogen (secondary N) is 2. The van der Waals surface area contributed by atoms with Crippen molar-refractivity contribution < 1.29 is 19.1 Å². The van der Waals surface area contributed by atoms with Gasteiger partial charge in [0.2, 0.25) is 0 Å². The fourth-order valence-electron chi connectivity index (χ4n) is 3.43. The van der Waals surface area contributed by atoms with E-state index in [1.807, 2.05) is 6.07 Å². The largest absolute Gasteiger partial charge is 0.493 e. The first-order chi connectivity index (χ1) is 14.1. The van der Waals surface area contributed by atoms with Crippen LogP contribution in [-0.4, -0.2) is 39.1 Å². The van der Waals surface area contributed by atoms with Crippen LogP contribution in [0.1, 0.15) is 40.0 Å². The molecule has 0 unspecified atom stereocenters. The van der Waals surface area contributed by atoms with Gasteiger partial charge in [-0.1, -0.05) is 0 Å². The van der Waals surface area contributed by atoms with Gasteiger partial charge in [0.1, 0.15) is 0 Å². The molecule has 0 aromatic heterocycles. The number of amides is 2. The first-order valence-electron chi connectivity index (χ1n) is 9.50. The van der Waals surface area contributed by atoms with Gasteiger partial charge in [-0.15, -0.1) is 0 Å². The molecule has 0 bridgehead atoms. The van der Waals surface area contributed by atoms with Gasteiger partial charge in [-0.3, -0.25) is 15.0 Å². The van der Waals surface area contributed by atoms with Gasteiger partial charge in [-0.25, -0.2) is 5.84 Å². The van der Waals surface area contributed by atoms with Gasteiger partial charge < -0.3 is 19.7 Å². The molecule has 0 atom stereocenters. The number of carbonyl (C=O) groups is 2. The zero-order chi connectivity index (χ0) is 20.8. The van der Waals surface area contributed by atoms with Crippen molar-refractivity contribution >= 4 is 23.2 Å². The van der Waals surface area contributed by atoms with Gasteiger partial charge in [-0.2, -0.15) is 0 Å². The Bertz CT molecular complexity index is 894. The van der Waals surface area contributed by atoms with Crippen molar-refractivity contribution in [3.05, 3.63) is 47.5 Å². The molecule has 0 aliphatic carbocycles. The normalized spacial score (nSPS) is 13.6. The van der Waals surface area contributed by atoms with Crippen molar-refractivity contribution in [2.45, 2.75) is 19.3 Å². The highest BCUT2D eigenvalue weighted by atomic mass is 16.5. The van der Waals surface area contributed by atoms with Crippen molar-refractivity contribution in [3.8, 4) is 11.5 Å². The van der Waals surface area contributed by atoms with Crippen LogP contribution < -0.4 is 31.0 Å². The molecular formula is C21H26N4O4. The lowest BCUT2D eigenvalue weighted by atomic mass is 10.1. The molecule has 4 N–H and O–H groups in total. The minimum Gasteiger partial charge on any atom is -0.493 e. The molecule has 1 aliphatic heterocycles. The van der Waals surface area contributed by atoms with Crippen molar-refractivity contribution in [3.63, 3.8) is 0 Å². The minimum atomic E-state index is -0.466. The van der Waals surface area contributed by atoms with Crippen LogP contribution in [0.15, 0.2) is 36.4 Å². The molecule has 2 amide bonds. The molecule has 1 aliphatic rings. The average molecular weight is 398 g/mol. The number of hydrazine groups is 1. The van der Waals surface area contributed by atoms with Gasteiger partial charge in [0, 0.05) is 24.3 Å². The Hall–Kier alpha value is -3.26. The highest BCUT2D eigenvalue weighted by molar-refractivity contribution is 6.09. The maximum absolute atomic E-state index is 12.8. The molecular weight excluding hydrogens is 372 g/mol. The van der Waals surface area contributed by atoms with Crippen molar-refractivity contribution in [2.24, 2.45) is 5.84 Å². The smallest absolute Gasteiger partial charge is 0.267 e. The number of piperidine rings is 1. The highest BCUT2D eigenvalue weighted by Crippen LogP contribution is 2.29. The molecule has 0 radical (unpaired) electrons. The summed E-state index contributed by atoms with van der Waals surface area (Å²) in [6.07, 6.45) is 3.46. The van der Waals surface area contributed by atoms with Crippen LogP contribution in [-0.2, 0) is 0 Å². The molecule has 3 rings (SSSR count). The van der Waals surface area contributed by atoms with E-state index in [2.05, 4.69) is 15.6 Å². The maximum Gasteiger partial charge on any atom is 0.267 e. The molecule has 8 heteroatoms.